The minimum Gasteiger partial charge on any atom is -0.493 e. The Morgan fingerprint density at radius 2 is 1.94 bits per heavy atom. The molecule has 1 N–H and O–H groups in total. The van der Waals surface area contributed by atoms with E-state index in [9.17, 15) is 9.59 Å². The zero-order valence-electron chi connectivity index (χ0n) is 18.6. The summed E-state index contributed by atoms with van der Waals surface area (Å²) in [6, 6.07) is 13.1. The van der Waals surface area contributed by atoms with Crippen LogP contribution >= 0.6 is 0 Å². The molecule has 170 valence electrons. The number of carbonyl (C=O) groups is 2. The number of methoxy groups -OCH3 is 1. The fourth-order valence-electron chi connectivity index (χ4n) is 4.20. The summed E-state index contributed by atoms with van der Waals surface area (Å²) in [5, 5.41) is 2.93. The van der Waals surface area contributed by atoms with Crippen molar-refractivity contribution >= 4 is 17.5 Å². The average molecular weight is 439 g/mol. The first-order chi connectivity index (χ1) is 15.5. The van der Waals surface area contributed by atoms with Crippen LogP contribution in [0.2, 0.25) is 0 Å². The first-order valence-electron chi connectivity index (χ1n) is 11.2. The van der Waals surface area contributed by atoms with E-state index >= 15 is 0 Å². The number of nitrogens with one attached hydrogen (secondary N) is 1. The summed E-state index contributed by atoms with van der Waals surface area (Å²) >= 11 is 0. The number of hydrogen-bond acceptors (Lipinski definition) is 5. The molecule has 0 saturated heterocycles. The third-order valence-electron chi connectivity index (χ3n) is 5.95. The number of hydrogen-bond donors (Lipinski definition) is 1. The Morgan fingerprint density at radius 1 is 1.16 bits per heavy atom. The molecule has 2 aromatic rings. The molecule has 7 heteroatoms. The molecule has 2 aromatic carbocycles. The van der Waals surface area contributed by atoms with E-state index in [1.807, 2.05) is 42.5 Å². The van der Waals surface area contributed by atoms with E-state index in [4.69, 9.17) is 14.2 Å². The van der Waals surface area contributed by atoms with E-state index in [-0.39, 0.29) is 24.3 Å². The van der Waals surface area contributed by atoms with Crippen LogP contribution in [0, 0.1) is 0 Å². The first kappa shape index (κ1) is 22.0. The van der Waals surface area contributed by atoms with E-state index in [1.54, 1.807) is 18.9 Å². The molecule has 1 heterocycles. The van der Waals surface area contributed by atoms with Crippen molar-refractivity contribution in [1.82, 2.24) is 5.32 Å². The summed E-state index contributed by atoms with van der Waals surface area (Å²) in [4.78, 5) is 26.7. The Morgan fingerprint density at radius 3 is 2.72 bits per heavy atom. The highest BCUT2D eigenvalue weighted by atomic mass is 16.5. The van der Waals surface area contributed by atoms with Crippen molar-refractivity contribution in [3.05, 3.63) is 48.0 Å². The van der Waals surface area contributed by atoms with Crippen LogP contribution in [0.25, 0.3) is 0 Å². The van der Waals surface area contributed by atoms with E-state index in [0.29, 0.717) is 30.3 Å². The van der Waals surface area contributed by atoms with Gasteiger partial charge in [0.2, 0.25) is 5.91 Å². The maximum atomic E-state index is 12.5. The molecule has 1 fully saturated rings. The zero-order valence-corrected chi connectivity index (χ0v) is 18.6. The van der Waals surface area contributed by atoms with Gasteiger partial charge < -0.3 is 24.4 Å². The van der Waals surface area contributed by atoms with Gasteiger partial charge in [-0.15, -0.1) is 0 Å². The molecule has 32 heavy (non-hydrogen) atoms. The fraction of sp³-hybridized carbons (Fsp3) is 0.440. The first-order valence-corrected chi connectivity index (χ1v) is 11.2. The minimum absolute atomic E-state index is 0.125. The monoisotopic (exact) mass is 438 g/mol. The largest absolute Gasteiger partial charge is 0.493 e. The van der Waals surface area contributed by atoms with E-state index < -0.39 is 6.10 Å². The molecule has 1 unspecified atom stereocenters. The second-order valence-corrected chi connectivity index (χ2v) is 8.25. The van der Waals surface area contributed by atoms with Gasteiger partial charge in [0.25, 0.3) is 5.91 Å². The zero-order chi connectivity index (χ0) is 22.5. The van der Waals surface area contributed by atoms with Gasteiger partial charge in [0.1, 0.15) is 5.75 Å². The highest BCUT2D eigenvalue weighted by molar-refractivity contribution is 6.00. The van der Waals surface area contributed by atoms with Crippen molar-refractivity contribution in [2.75, 3.05) is 18.6 Å². The lowest BCUT2D eigenvalue weighted by Gasteiger charge is -2.32. The molecule has 0 bridgehead atoms. The fourth-order valence-corrected chi connectivity index (χ4v) is 4.20. The maximum absolute atomic E-state index is 12.5. The molecule has 4 rings (SSSR count). The Bertz CT molecular complexity index is 971. The summed E-state index contributed by atoms with van der Waals surface area (Å²) in [7, 11) is 1.62. The van der Waals surface area contributed by atoms with Gasteiger partial charge in [0.05, 0.1) is 18.9 Å². The van der Waals surface area contributed by atoms with Gasteiger partial charge in [-0.05, 0) is 62.4 Å². The molecule has 1 aliphatic carbocycles. The average Bonchev–Trinajstić information content (AvgIpc) is 3.32. The van der Waals surface area contributed by atoms with E-state index in [1.165, 1.54) is 12.8 Å². The number of nitrogens with zero attached hydrogens (tertiary/aromatic N) is 1. The van der Waals surface area contributed by atoms with Crippen LogP contribution in [0.3, 0.4) is 0 Å². The van der Waals surface area contributed by atoms with Crippen LogP contribution in [0.1, 0.15) is 44.6 Å². The molecule has 0 aromatic heterocycles. The summed E-state index contributed by atoms with van der Waals surface area (Å²) < 4.78 is 17.2. The number of carbonyl (C=O) groups excluding carboxylic acids is 2. The quantitative estimate of drug-likeness (QED) is 0.678. The van der Waals surface area contributed by atoms with E-state index in [0.717, 1.165) is 24.2 Å². The number of anilines is 1. The number of fused-ring (bicyclic) bond motifs is 1. The molecule has 7 nitrogen and oxygen atoms in total. The molecule has 2 amide bonds. The lowest BCUT2D eigenvalue weighted by Crippen LogP contribution is -2.45. The third kappa shape index (κ3) is 4.98. The highest BCUT2D eigenvalue weighted by Crippen LogP contribution is 2.34. The number of para-hydroxylation sites is 2. The lowest BCUT2D eigenvalue weighted by molar-refractivity contribution is -0.125. The Hall–Kier alpha value is -3.22. The predicted molar refractivity (Wildman–Crippen MR) is 121 cm³/mol. The minimum atomic E-state index is -0.564. The van der Waals surface area contributed by atoms with Gasteiger partial charge in [-0.25, -0.2) is 0 Å². The van der Waals surface area contributed by atoms with Crippen molar-refractivity contribution in [3.8, 4) is 17.2 Å². The molecule has 0 radical (unpaired) electrons. The van der Waals surface area contributed by atoms with Crippen LogP contribution < -0.4 is 24.4 Å². The Balaban J connectivity index is 1.32. The Labute approximate surface area is 188 Å². The van der Waals surface area contributed by atoms with Gasteiger partial charge in [0.15, 0.2) is 17.6 Å². The number of amides is 2. The number of rotatable bonds is 8. The maximum Gasteiger partial charge on any atom is 0.267 e. The van der Waals surface area contributed by atoms with Crippen LogP contribution in [-0.4, -0.2) is 37.7 Å². The molecule has 1 saturated carbocycles. The highest BCUT2D eigenvalue weighted by Gasteiger charge is 2.31. The van der Waals surface area contributed by atoms with Gasteiger partial charge in [0, 0.05) is 19.5 Å². The summed E-state index contributed by atoms with van der Waals surface area (Å²) in [6.07, 6.45) is 4.46. The second-order valence-electron chi connectivity index (χ2n) is 8.25. The van der Waals surface area contributed by atoms with Crippen molar-refractivity contribution in [3.63, 3.8) is 0 Å². The molecule has 0 spiro atoms. The normalized spacial score (nSPS) is 18.1. The predicted octanol–water partition coefficient (Wildman–Crippen LogP) is 3.84. The van der Waals surface area contributed by atoms with Crippen molar-refractivity contribution < 1.29 is 23.8 Å². The molecule has 1 atom stereocenters. The summed E-state index contributed by atoms with van der Waals surface area (Å²) in [5.41, 5.74) is 1.63. The molecular weight excluding hydrogens is 408 g/mol. The van der Waals surface area contributed by atoms with Gasteiger partial charge >= 0.3 is 0 Å². The topological polar surface area (TPSA) is 77.1 Å². The van der Waals surface area contributed by atoms with Crippen molar-refractivity contribution in [2.45, 2.75) is 57.8 Å². The summed E-state index contributed by atoms with van der Waals surface area (Å²) in [5.74, 6) is 1.81. The van der Waals surface area contributed by atoms with E-state index in [2.05, 4.69) is 5.32 Å². The van der Waals surface area contributed by atoms with Crippen LogP contribution in [0.5, 0.6) is 17.2 Å². The molecule has 2 aliphatic rings. The third-order valence-corrected chi connectivity index (χ3v) is 5.95. The lowest BCUT2D eigenvalue weighted by atomic mass is 10.1. The number of benzene rings is 2. The van der Waals surface area contributed by atoms with Crippen LogP contribution in [0.4, 0.5) is 5.69 Å². The summed E-state index contributed by atoms with van der Waals surface area (Å²) in [6.45, 7) is 2.40. The van der Waals surface area contributed by atoms with Gasteiger partial charge in [-0.1, -0.05) is 18.2 Å². The molecular formula is C25H30N2O5. The molecule has 1 aliphatic heterocycles. The van der Waals surface area contributed by atoms with Crippen molar-refractivity contribution in [2.24, 2.45) is 0 Å². The van der Waals surface area contributed by atoms with Crippen molar-refractivity contribution in [1.29, 1.82) is 0 Å². The van der Waals surface area contributed by atoms with Crippen LogP contribution in [0.15, 0.2) is 42.5 Å². The standard InChI is InChI=1S/C25H30N2O5/c1-17-25(29)27(20-9-5-6-10-21(20)31-17)14-13-24(28)26-16-18-11-12-22(23(15-18)30-2)32-19-7-3-4-8-19/h5-6,9-12,15,17,19H,3-4,7-8,13-14,16H2,1-2H3,(H,26,28). The second kappa shape index (κ2) is 9.94. The van der Waals surface area contributed by atoms with Crippen LogP contribution in [-0.2, 0) is 16.1 Å². The Kier molecular flexibility index (Phi) is 6.83. The SMILES string of the molecule is COc1cc(CNC(=O)CCN2C(=O)C(C)Oc3ccccc32)ccc1OC1CCCC1. The van der Waals surface area contributed by atoms with Gasteiger partial charge in [-0.3, -0.25) is 9.59 Å². The van der Waals surface area contributed by atoms with Gasteiger partial charge in [-0.2, -0.15) is 0 Å². The number of ether oxygens (including phenoxy) is 3. The smallest absolute Gasteiger partial charge is 0.267 e.